The summed E-state index contributed by atoms with van der Waals surface area (Å²) in [5, 5.41) is 10.6. The molecule has 2 aromatic rings. The van der Waals surface area contributed by atoms with Gasteiger partial charge in [-0.1, -0.05) is 22.0 Å². The molecule has 0 aliphatic heterocycles. The zero-order chi connectivity index (χ0) is 11.4. The maximum atomic E-state index is 9.65. The van der Waals surface area contributed by atoms with Gasteiger partial charge in [0.25, 0.3) is 0 Å². The van der Waals surface area contributed by atoms with Gasteiger partial charge in [-0.15, -0.1) is 0 Å². The second kappa shape index (κ2) is 5.92. The molecule has 0 unspecified atom stereocenters. The molecule has 0 saturated heterocycles. The second-order valence-corrected chi connectivity index (χ2v) is 4.30. The first-order valence-corrected chi connectivity index (χ1v) is 6.43. The van der Waals surface area contributed by atoms with E-state index >= 15 is 0 Å². The van der Waals surface area contributed by atoms with E-state index in [0.29, 0.717) is 33.0 Å². The number of hydrogen-bond acceptors (Lipinski definition) is 3. The van der Waals surface area contributed by atoms with Crippen molar-refractivity contribution < 1.29 is 8.12 Å². The molecule has 1 N–H and O–H groups in total. The van der Waals surface area contributed by atoms with Gasteiger partial charge < -0.3 is 5.11 Å². The fourth-order valence-corrected chi connectivity index (χ4v) is 2.43. The summed E-state index contributed by atoms with van der Waals surface area (Å²) in [4.78, 5) is 4.09. The van der Waals surface area contributed by atoms with E-state index in [-0.39, 0.29) is 5.75 Å². The Hall–Kier alpha value is 0.00818. The van der Waals surface area contributed by atoms with E-state index in [4.69, 9.17) is 3.02 Å². The number of nitrogens with zero attached hydrogens (tertiary/aromatic N) is 1. The Morgan fingerprint density at radius 2 is 1.93 bits per heavy atom. The molecule has 6 heteroatoms. The van der Waals surface area contributed by atoms with Crippen molar-refractivity contribution in [3.63, 3.8) is 0 Å². The molecule has 0 aliphatic rings. The standard InChI is InChI=1S/C9H5Br2NO.O.Sb/c10-6-4-7(11)9(13)8-5(6)2-1-3-12-8;;/h1-4,13H;;. The number of phenolic OH excluding ortho intramolecular Hbond substituents is 1. The molecule has 3 nitrogen and oxygen atoms in total. The summed E-state index contributed by atoms with van der Waals surface area (Å²) in [6.07, 6.45) is 1.65. The summed E-state index contributed by atoms with van der Waals surface area (Å²) in [5.41, 5.74) is 0.601. The van der Waals surface area contributed by atoms with Gasteiger partial charge in [0.1, 0.15) is 5.52 Å². The van der Waals surface area contributed by atoms with Gasteiger partial charge in [-0.25, -0.2) is 0 Å². The molecular formula is C9H5Br2NO2Sb. The van der Waals surface area contributed by atoms with Gasteiger partial charge in [0.05, 0.1) is 4.47 Å². The number of aromatic hydroxyl groups is 1. The Balaban J connectivity index is 0.000000531. The average molecular weight is 441 g/mol. The molecule has 0 fully saturated rings. The molecule has 1 radical (unpaired) electrons. The molecule has 2 rings (SSSR count). The zero-order valence-corrected chi connectivity index (χ0v) is 13.0. The first-order valence-electron chi connectivity index (χ1n) is 3.80. The van der Waals surface area contributed by atoms with Gasteiger partial charge in [0.15, 0.2) is 5.75 Å². The zero-order valence-electron chi connectivity index (χ0n) is 7.32. The molecule has 0 atom stereocenters. The third-order valence-electron chi connectivity index (χ3n) is 1.77. The Labute approximate surface area is 117 Å². The van der Waals surface area contributed by atoms with Crippen molar-refractivity contribution in [1.29, 1.82) is 0 Å². The first kappa shape index (κ1) is 13.1. The summed E-state index contributed by atoms with van der Waals surface area (Å²) in [7, 11) is 0. The van der Waals surface area contributed by atoms with E-state index in [0.717, 1.165) is 9.86 Å². The molecule has 1 heterocycles. The molecule has 0 bridgehead atoms. The molecule has 0 spiro atoms. The van der Waals surface area contributed by atoms with Crippen molar-refractivity contribution in [1.82, 2.24) is 4.98 Å². The Morgan fingerprint density at radius 1 is 1.27 bits per heavy atom. The van der Waals surface area contributed by atoms with E-state index in [1.54, 1.807) is 12.3 Å². The number of benzene rings is 1. The fourth-order valence-electron chi connectivity index (χ4n) is 1.16. The van der Waals surface area contributed by atoms with Crippen LogP contribution in [0.1, 0.15) is 0 Å². The predicted octanol–water partition coefficient (Wildman–Crippen LogP) is 2.97. The SMILES string of the molecule is Oc1c(Br)cc(Br)c2cccnc12.[O]=[Sb]. The Kier molecular flexibility index (Phi) is 5.16. The topological polar surface area (TPSA) is 50.2 Å². The number of halogens is 2. The van der Waals surface area contributed by atoms with E-state index < -0.39 is 0 Å². The second-order valence-electron chi connectivity index (χ2n) is 2.59. The van der Waals surface area contributed by atoms with Gasteiger partial charge in [-0.3, -0.25) is 4.98 Å². The Bertz CT molecular complexity index is 493. The van der Waals surface area contributed by atoms with E-state index in [9.17, 15) is 5.11 Å². The van der Waals surface area contributed by atoms with Gasteiger partial charge in [0, 0.05) is 16.1 Å². The van der Waals surface area contributed by atoms with Crippen molar-refractivity contribution in [3.8, 4) is 5.75 Å². The van der Waals surface area contributed by atoms with Crippen LogP contribution in [0, 0.1) is 0 Å². The van der Waals surface area contributed by atoms with Gasteiger partial charge in [0.2, 0.25) is 0 Å². The summed E-state index contributed by atoms with van der Waals surface area (Å²) in [5.74, 6) is 0.179. The van der Waals surface area contributed by atoms with Crippen molar-refractivity contribution in [3.05, 3.63) is 33.3 Å². The quantitative estimate of drug-likeness (QED) is 0.641. The predicted molar refractivity (Wildman–Crippen MR) is 65.2 cm³/mol. The third-order valence-corrected chi connectivity index (χ3v) is 3.03. The van der Waals surface area contributed by atoms with Gasteiger partial charge >= 0.3 is 26.0 Å². The van der Waals surface area contributed by atoms with Crippen LogP contribution in [-0.2, 0) is 3.02 Å². The molecular weight excluding hydrogens is 436 g/mol. The molecule has 77 valence electrons. The van der Waals surface area contributed by atoms with Crippen LogP contribution in [0.4, 0.5) is 0 Å². The van der Waals surface area contributed by atoms with Crippen LogP contribution >= 0.6 is 31.9 Å². The van der Waals surface area contributed by atoms with E-state index in [1.165, 1.54) is 0 Å². The summed E-state index contributed by atoms with van der Waals surface area (Å²) < 4.78 is 9.86. The number of fused-ring (bicyclic) bond motifs is 1. The minimum absolute atomic E-state index is 0.179. The van der Waals surface area contributed by atoms with Crippen LogP contribution in [0.15, 0.2) is 33.3 Å². The number of phenols is 1. The van der Waals surface area contributed by atoms with Crippen molar-refractivity contribution in [2.24, 2.45) is 0 Å². The number of aromatic nitrogens is 1. The minimum atomic E-state index is 0.179. The van der Waals surface area contributed by atoms with Crippen molar-refractivity contribution >= 4 is 65.8 Å². The maximum absolute atomic E-state index is 9.65. The van der Waals surface area contributed by atoms with Gasteiger partial charge in [-0.05, 0) is 28.1 Å². The van der Waals surface area contributed by atoms with Crippen LogP contribution in [0.2, 0.25) is 0 Å². The van der Waals surface area contributed by atoms with Crippen molar-refractivity contribution in [2.45, 2.75) is 0 Å². The molecule has 0 aliphatic carbocycles. The summed E-state index contributed by atoms with van der Waals surface area (Å²) in [6.45, 7) is 0. The first-order chi connectivity index (χ1) is 7.20. The van der Waals surface area contributed by atoms with Crippen LogP contribution in [-0.4, -0.2) is 33.1 Å². The third kappa shape index (κ3) is 2.77. The number of hydrogen-bond donors (Lipinski definition) is 1. The average Bonchev–Trinajstić information content (AvgIpc) is 2.29. The monoisotopic (exact) mass is 438 g/mol. The molecule has 15 heavy (non-hydrogen) atoms. The van der Waals surface area contributed by atoms with Crippen LogP contribution in [0.25, 0.3) is 10.9 Å². The fraction of sp³-hybridized carbons (Fsp3) is 0. The van der Waals surface area contributed by atoms with E-state index in [2.05, 4.69) is 36.8 Å². The normalized spacial score (nSPS) is 9.47. The summed E-state index contributed by atoms with van der Waals surface area (Å²) >= 11 is 7.15. The van der Waals surface area contributed by atoms with Gasteiger partial charge in [-0.2, -0.15) is 0 Å². The Morgan fingerprint density at radius 3 is 2.60 bits per heavy atom. The molecule has 1 aromatic heterocycles. The number of pyridine rings is 1. The van der Waals surface area contributed by atoms with Crippen LogP contribution in [0.5, 0.6) is 5.75 Å². The number of rotatable bonds is 0. The molecule has 0 amide bonds. The van der Waals surface area contributed by atoms with E-state index in [1.807, 2.05) is 12.1 Å². The molecule has 1 aromatic carbocycles. The van der Waals surface area contributed by atoms with Crippen LogP contribution in [0.3, 0.4) is 0 Å². The van der Waals surface area contributed by atoms with Crippen LogP contribution < -0.4 is 0 Å². The molecule has 0 saturated carbocycles. The van der Waals surface area contributed by atoms with Crippen molar-refractivity contribution in [2.75, 3.05) is 0 Å². The summed E-state index contributed by atoms with van der Waals surface area (Å²) in [6, 6.07) is 5.54.